The third-order valence-corrected chi connectivity index (χ3v) is 3.49. The lowest BCUT2D eigenvalue weighted by atomic mass is 10.0. The molecule has 3 heteroatoms. The van der Waals surface area contributed by atoms with Gasteiger partial charge in [0.15, 0.2) is 0 Å². The van der Waals surface area contributed by atoms with Crippen molar-refractivity contribution in [3.8, 4) is 0 Å². The lowest BCUT2D eigenvalue weighted by molar-refractivity contribution is 0.130. The third kappa shape index (κ3) is 3.28. The molecule has 1 aromatic rings. The van der Waals surface area contributed by atoms with Crippen molar-refractivity contribution in [2.24, 2.45) is 5.73 Å². The molecule has 0 radical (unpaired) electrons. The van der Waals surface area contributed by atoms with Gasteiger partial charge < -0.3 is 5.73 Å². The predicted octanol–water partition coefficient (Wildman–Crippen LogP) is 1.99. The zero-order valence-corrected chi connectivity index (χ0v) is 10.7. The van der Waals surface area contributed by atoms with E-state index in [-0.39, 0.29) is 6.04 Å². The molecule has 1 heterocycles. The van der Waals surface area contributed by atoms with Crippen molar-refractivity contribution >= 4 is 0 Å². The van der Waals surface area contributed by atoms with Crippen LogP contribution in [0, 0.1) is 6.92 Å². The molecule has 1 atom stereocenters. The van der Waals surface area contributed by atoms with Crippen molar-refractivity contribution < 1.29 is 0 Å². The van der Waals surface area contributed by atoms with Crippen LogP contribution in [0.2, 0.25) is 0 Å². The first kappa shape index (κ1) is 12.6. The van der Waals surface area contributed by atoms with E-state index in [1.165, 1.54) is 30.4 Å². The van der Waals surface area contributed by atoms with E-state index in [1.807, 2.05) is 0 Å². The Kier molecular flexibility index (Phi) is 4.54. The smallest absolute Gasteiger partial charge is 0.0589 e. The third-order valence-electron chi connectivity index (χ3n) is 3.49. The highest BCUT2D eigenvalue weighted by atomic mass is 15.5. The second kappa shape index (κ2) is 6.15. The van der Waals surface area contributed by atoms with Crippen LogP contribution in [0.1, 0.15) is 36.4 Å². The van der Waals surface area contributed by atoms with Crippen molar-refractivity contribution in [2.75, 3.05) is 19.6 Å². The summed E-state index contributed by atoms with van der Waals surface area (Å²) in [5.74, 6) is 0. The largest absolute Gasteiger partial charge is 0.329 e. The standard InChI is InChI=1S/C14H23N3/c1-12-7-3-4-8-13(12)14(11-15)16-17-9-5-2-6-10-17/h3-4,7-8,14,16H,2,5-6,9-11,15H2,1H3. The maximum absolute atomic E-state index is 5.90. The lowest BCUT2D eigenvalue weighted by Gasteiger charge is -2.32. The van der Waals surface area contributed by atoms with Crippen molar-refractivity contribution in [3.05, 3.63) is 35.4 Å². The molecule has 1 fully saturated rings. The highest BCUT2D eigenvalue weighted by molar-refractivity contribution is 5.28. The van der Waals surface area contributed by atoms with Crippen LogP contribution in [0.25, 0.3) is 0 Å². The van der Waals surface area contributed by atoms with Crippen LogP contribution in [-0.4, -0.2) is 24.6 Å². The molecule has 17 heavy (non-hydrogen) atoms. The molecule has 0 amide bonds. The monoisotopic (exact) mass is 233 g/mol. The van der Waals surface area contributed by atoms with Crippen molar-refractivity contribution in [1.29, 1.82) is 0 Å². The van der Waals surface area contributed by atoms with Crippen LogP contribution in [0.5, 0.6) is 0 Å². The molecule has 2 rings (SSSR count). The van der Waals surface area contributed by atoms with Gasteiger partial charge in [-0.25, -0.2) is 10.4 Å². The fourth-order valence-electron chi connectivity index (χ4n) is 2.47. The molecule has 0 saturated carbocycles. The SMILES string of the molecule is Cc1ccccc1C(CN)NN1CCCCC1. The Hall–Kier alpha value is -0.900. The Morgan fingerprint density at radius 1 is 1.24 bits per heavy atom. The summed E-state index contributed by atoms with van der Waals surface area (Å²) in [6.45, 7) is 5.07. The van der Waals surface area contributed by atoms with Crippen molar-refractivity contribution in [3.63, 3.8) is 0 Å². The number of nitrogens with zero attached hydrogens (tertiary/aromatic N) is 1. The average molecular weight is 233 g/mol. The molecule has 3 N–H and O–H groups in total. The van der Waals surface area contributed by atoms with E-state index in [0.717, 1.165) is 13.1 Å². The minimum atomic E-state index is 0.245. The Morgan fingerprint density at radius 3 is 2.59 bits per heavy atom. The number of hydrogen-bond acceptors (Lipinski definition) is 3. The van der Waals surface area contributed by atoms with Gasteiger partial charge in [-0.15, -0.1) is 0 Å². The zero-order valence-electron chi connectivity index (χ0n) is 10.7. The van der Waals surface area contributed by atoms with E-state index < -0.39 is 0 Å². The summed E-state index contributed by atoms with van der Waals surface area (Å²) < 4.78 is 0. The summed E-state index contributed by atoms with van der Waals surface area (Å²) in [5, 5.41) is 2.33. The number of hydrogen-bond donors (Lipinski definition) is 2. The topological polar surface area (TPSA) is 41.3 Å². The van der Waals surface area contributed by atoms with Crippen LogP contribution in [0.4, 0.5) is 0 Å². The molecular weight excluding hydrogens is 210 g/mol. The summed E-state index contributed by atoms with van der Waals surface area (Å²) in [6, 6.07) is 8.73. The number of rotatable bonds is 4. The lowest BCUT2D eigenvalue weighted by Crippen LogP contribution is -2.45. The molecule has 0 aliphatic carbocycles. The molecule has 94 valence electrons. The van der Waals surface area contributed by atoms with E-state index >= 15 is 0 Å². The van der Waals surface area contributed by atoms with E-state index in [0.29, 0.717) is 6.54 Å². The Labute approximate surface area is 104 Å². The molecule has 1 aliphatic heterocycles. The molecule has 1 saturated heterocycles. The normalized spacial score (nSPS) is 19.2. The Morgan fingerprint density at radius 2 is 1.94 bits per heavy atom. The molecule has 0 aromatic heterocycles. The maximum Gasteiger partial charge on any atom is 0.0589 e. The van der Waals surface area contributed by atoms with Gasteiger partial charge in [0.05, 0.1) is 6.04 Å². The van der Waals surface area contributed by atoms with Crippen LogP contribution in [0.15, 0.2) is 24.3 Å². The quantitative estimate of drug-likeness (QED) is 0.835. The van der Waals surface area contributed by atoms with Crippen LogP contribution < -0.4 is 11.2 Å². The second-order valence-electron chi connectivity index (χ2n) is 4.82. The Bertz CT molecular complexity index is 345. The van der Waals surface area contributed by atoms with Gasteiger partial charge in [0.1, 0.15) is 0 Å². The molecule has 0 bridgehead atoms. The molecule has 1 unspecified atom stereocenters. The fourth-order valence-corrected chi connectivity index (χ4v) is 2.47. The second-order valence-corrected chi connectivity index (χ2v) is 4.82. The number of benzene rings is 1. The number of nitrogens with one attached hydrogen (secondary N) is 1. The number of hydrazine groups is 1. The Balaban J connectivity index is 2.03. The molecule has 0 spiro atoms. The highest BCUT2D eigenvalue weighted by Crippen LogP contribution is 2.18. The average Bonchev–Trinajstić information content (AvgIpc) is 2.38. The zero-order chi connectivity index (χ0) is 12.1. The van der Waals surface area contributed by atoms with E-state index in [1.54, 1.807) is 0 Å². The maximum atomic E-state index is 5.90. The van der Waals surface area contributed by atoms with Gasteiger partial charge in [0, 0.05) is 19.6 Å². The van der Waals surface area contributed by atoms with E-state index in [9.17, 15) is 0 Å². The van der Waals surface area contributed by atoms with Gasteiger partial charge in [-0.3, -0.25) is 0 Å². The number of aryl methyl sites for hydroxylation is 1. The fraction of sp³-hybridized carbons (Fsp3) is 0.571. The first-order chi connectivity index (χ1) is 8.31. The van der Waals surface area contributed by atoms with Gasteiger partial charge >= 0.3 is 0 Å². The van der Waals surface area contributed by atoms with Gasteiger partial charge in [0.25, 0.3) is 0 Å². The van der Waals surface area contributed by atoms with E-state index in [4.69, 9.17) is 5.73 Å². The molecule has 3 nitrogen and oxygen atoms in total. The number of nitrogens with two attached hydrogens (primary N) is 1. The van der Waals surface area contributed by atoms with Crippen molar-refractivity contribution in [1.82, 2.24) is 10.4 Å². The van der Waals surface area contributed by atoms with Gasteiger partial charge in [0.2, 0.25) is 0 Å². The first-order valence-corrected chi connectivity index (χ1v) is 6.58. The molecule has 1 aliphatic rings. The van der Waals surface area contributed by atoms with Crippen molar-refractivity contribution in [2.45, 2.75) is 32.2 Å². The van der Waals surface area contributed by atoms with Crippen LogP contribution in [-0.2, 0) is 0 Å². The summed E-state index contributed by atoms with van der Waals surface area (Å²) >= 11 is 0. The van der Waals surface area contributed by atoms with Gasteiger partial charge in [-0.1, -0.05) is 30.7 Å². The van der Waals surface area contributed by atoms with Gasteiger partial charge in [-0.2, -0.15) is 0 Å². The predicted molar refractivity (Wildman–Crippen MR) is 71.5 cm³/mol. The molecular formula is C14H23N3. The van der Waals surface area contributed by atoms with E-state index in [2.05, 4.69) is 41.6 Å². The van der Waals surface area contributed by atoms with Crippen LogP contribution in [0.3, 0.4) is 0 Å². The summed E-state index contributed by atoms with van der Waals surface area (Å²) in [5.41, 5.74) is 12.1. The molecule has 1 aromatic carbocycles. The van der Waals surface area contributed by atoms with Crippen LogP contribution >= 0.6 is 0 Å². The van der Waals surface area contributed by atoms with Gasteiger partial charge in [-0.05, 0) is 30.9 Å². The highest BCUT2D eigenvalue weighted by Gasteiger charge is 2.16. The number of piperidine rings is 1. The summed E-state index contributed by atoms with van der Waals surface area (Å²) in [6.07, 6.45) is 3.94. The summed E-state index contributed by atoms with van der Waals surface area (Å²) in [7, 11) is 0. The first-order valence-electron chi connectivity index (χ1n) is 6.58. The minimum Gasteiger partial charge on any atom is -0.329 e. The summed E-state index contributed by atoms with van der Waals surface area (Å²) in [4.78, 5) is 0. The minimum absolute atomic E-state index is 0.245.